The van der Waals surface area contributed by atoms with Gasteiger partial charge in [0.15, 0.2) is 5.16 Å². The van der Waals surface area contributed by atoms with Crippen LogP contribution < -0.4 is 10.2 Å². The maximum absolute atomic E-state index is 4.56. The van der Waals surface area contributed by atoms with Gasteiger partial charge in [0.25, 0.3) is 0 Å². The first-order valence-corrected chi connectivity index (χ1v) is 8.41. The first-order chi connectivity index (χ1) is 9.69. The average molecular weight is 295 g/mol. The van der Waals surface area contributed by atoms with E-state index < -0.39 is 0 Å². The van der Waals surface area contributed by atoms with Crippen molar-refractivity contribution >= 4 is 23.7 Å². The SMILES string of the molecule is CCCNc1nc(SC2CCCCC2)nc(N(C)C)n1. The molecule has 0 aromatic carbocycles. The van der Waals surface area contributed by atoms with E-state index >= 15 is 0 Å². The summed E-state index contributed by atoms with van der Waals surface area (Å²) in [6.45, 7) is 3.03. The number of hydrogen-bond acceptors (Lipinski definition) is 6. The number of rotatable bonds is 6. The van der Waals surface area contributed by atoms with Gasteiger partial charge in [0.05, 0.1) is 0 Å². The van der Waals surface area contributed by atoms with Crippen LogP contribution in [-0.4, -0.2) is 40.8 Å². The van der Waals surface area contributed by atoms with Crippen molar-refractivity contribution in [3.05, 3.63) is 0 Å². The summed E-state index contributed by atoms with van der Waals surface area (Å²) in [6.07, 6.45) is 7.68. The Balaban J connectivity index is 2.10. The van der Waals surface area contributed by atoms with Crippen molar-refractivity contribution in [3.63, 3.8) is 0 Å². The third-order valence-corrected chi connectivity index (χ3v) is 4.56. The normalized spacial score (nSPS) is 16.1. The van der Waals surface area contributed by atoms with E-state index in [9.17, 15) is 0 Å². The molecule has 0 bridgehead atoms. The molecule has 1 aliphatic rings. The summed E-state index contributed by atoms with van der Waals surface area (Å²) in [5.41, 5.74) is 0. The maximum atomic E-state index is 4.56. The highest BCUT2D eigenvalue weighted by atomic mass is 32.2. The van der Waals surface area contributed by atoms with E-state index in [0.29, 0.717) is 11.2 Å². The zero-order valence-corrected chi connectivity index (χ0v) is 13.5. The molecular formula is C14H25N5S. The minimum absolute atomic E-state index is 0.667. The lowest BCUT2D eigenvalue weighted by Gasteiger charge is -2.20. The first-order valence-electron chi connectivity index (χ1n) is 7.53. The molecular weight excluding hydrogens is 270 g/mol. The van der Waals surface area contributed by atoms with Gasteiger partial charge in [0.2, 0.25) is 11.9 Å². The van der Waals surface area contributed by atoms with Crippen LogP contribution in [-0.2, 0) is 0 Å². The highest BCUT2D eigenvalue weighted by Crippen LogP contribution is 2.32. The molecule has 5 nitrogen and oxygen atoms in total. The van der Waals surface area contributed by atoms with Gasteiger partial charge in [-0.25, -0.2) is 0 Å². The monoisotopic (exact) mass is 295 g/mol. The summed E-state index contributed by atoms with van der Waals surface area (Å²) >= 11 is 1.81. The molecule has 1 N–H and O–H groups in total. The molecule has 0 spiro atoms. The van der Waals surface area contributed by atoms with E-state index in [1.165, 1.54) is 32.1 Å². The van der Waals surface area contributed by atoms with Crippen molar-refractivity contribution in [2.24, 2.45) is 0 Å². The Hall–Kier alpha value is -1.04. The summed E-state index contributed by atoms with van der Waals surface area (Å²) in [4.78, 5) is 15.5. The predicted octanol–water partition coefficient (Wildman–Crippen LogP) is 3.18. The third-order valence-electron chi connectivity index (χ3n) is 3.36. The highest BCUT2D eigenvalue weighted by molar-refractivity contribution is 7.99. The number of hydrogen-bond donors (Lipinski definition) is 1. The van der Waals surface area contributed by atoms with Crippen LogP contribution in [0, 0.1) is 0 Å². The lowest BCUT2D eigenvalue weighted by molar-refractivity contribution is 0.515. The molecule has 0 radical (unpaired) electrons. The second-order valence-corrected chi connectivity index (χ2v) is 6.71. The molecule has 1 saturated carbocycles. The van der Waals surface area contributed by atoms with Crippen molar-refractivity contribution in [1.82, 2.24) is 15.0 Å². The van der Waals surface area contributed by atoms with Crippen molar-refractivity contribution in [2.45, 2.75) is 55.9 Å². The molecule has 0 saturated heterocycles. The topological polar surface area (TPSA) is 53.9 Å². The molecule has 1 aromatic heterocycles. The van der Waals surface area contributed by atoms with E-state index in [4.69, 9.17) is 0 Å². The van der Waals surface area contributed by atoms with E-state index in [1.54, 1.807) is 0 Å². The summed E-state index contributed by atoms with van der Waals surface area (Å²) in [7, 11) is 3.93. The lowest BCUT2D eigenvalue weighted by atomic mass is 10.0. The molecule has 1 aliphatic carbocycles. The average Bonchev–Trinajstić information content (AvgIpc) is 2.46. The van der Waals surface area contributed by atoms with Crippen LogP contribution in [0.5, 0.6) is 0 Å². The Bertz CT molecular complexity index is 418. The Morgan fingerprint density at radius 2 is 1.90 bits per heavy atom. The fraction of sp³-hybridized carbons (Fsp3) is 0.786. The molecule has 20 heavy (non-hydrogen) atoms. The van der Waals surface area contributed by atoms with Gasteiger partial charge in [-0.05, 0) is 19.3 Å². The van der Waals surface area contributed by atoms with Crippen molar-refractivity contribution in [2.75, 3.05) is 30.9 Å². The van der Waals surface area contributed by atoms with Crippen molar-refractivity contribution in [1.29, 1.82) is 0 Å². The second-order valence-electron chi connectivity index (χ2n) is 5.44. The third kappa shape index (κ3) is 4.51. The van der Waals surface area contributed by atoms with Crippen molar-refractivity contribution < 1.29 is 0 Å². The molecule has 1 heterocycles. The Morgan fingerprint density at radius 1 is 1.15 bits per heavy atom. The number of aromatic nitrogens is 3. The van der Waals surface area contributed by atoms with Gasteiger partial charge >= 0.3 is 0 Å². The molecule has 0 aliphatic heterocycles. The lowest BCUT2D eigenvalue weighted by Crippen LogP contribution is -2.17. The fourth-order valence-corrected chi connectivity index (χ4v) is 3.39. The van der Waals surface area contributed by atoms with Crippen LogP contribution in [0.3, 0.4) is 0 Å². The minimum Gasteiger partial charge on any atom is -0.354 e. The van der Waals surface area contributed by atoms with E-state index in [0.717, 1.165) is 24.1 Å². The van der Waals surface area contributed by atoms with E-state index in [-0.39, 0.29) is 0 Å². The summed E-state index contributed by atoms with van der Waals surface area (Å²) in [6, 6.07) is 0. The smallest absolute Gasteiger partial charge is 0.230 e. The van der Waals surface area contributed by atoms with Crippen LogP contribution in [0.15, 0.2) is 5.16 Å². The van der Waals surface area contributed by atoms with Gasteiger partial charge < -0.3 is 10.2 Å². The molecule has 6 heteroatoms. The summed E-state index contributed by atoms with van der Waals surface area (Å²) in [5.74, 6) is 1.43. The predicted molar refractivity (Wildman–Crippen MR) is 85.7 cm³/mol. The zero-order chi connectivity index (χ0) is 14.4. The summed E-state index contributed by atoms with van der Waals surface area (Å²) < 4.78 is 0. The largest absolute Gasteiger partial charge is 0.354 e. The molecule has 2 rings (SSSR count). The van der Waals surface area contributed by atoms with Crippen LogP contribution in [0.2, 0.25) is 0 Å². The maximum Gasteiger partial charge on any atom is 0.230 e. The molecule has 1 aromatic rings. The minimum atomic E-state index is 0.667. The molecule has 0 atom stereocenters. The van der Waals surface area contributed by atoms with Crippen LogP contribution in [0.4, 0.5) is 11.9 Å². The highest BCUT2D eigenvalue weighted by Gasteiger charge is 2.17. The number of anilines is 2. The van der Waals surface area contributed by atoms with Crippen LogP contribution in [0.1, 0.15) is 45.4 Å². The summed E-state index contributed by atoms with van der Waals surface area (Å²) in [5, 5.41) is 4.79. The first kappa shape index (κ1) is 15.4. The number of thioether (sulfide) groups is 1. The Kier molecular flexibility index (Phi) is 5.88. The molecule has 1 fully saturated rings. The zero-order valence-electron chi connectivity index (χ0n) is 12.7. The van der Waals surface area contributed by atoms with Gasteiger partial charge in [-0.2, -0.15) is 15.0 Å². The van der Waals surface area contributed by atoms with E-state index in [2.05, 4.69) is 27.2 Å². The van der Waals surface area contributed by atoms with Crippen molar-refractivity contribution in [3.8, 4) is 0 Å². The second kappa shape index (κ2) is 7.67. The molecule has 0 unspecified atom stereocenters. The number of nitrogens with one attached hydrogen (secondary N) is 1. The van der Waals surface area contributed by atoms with E-state index in [1.807, 2.05) is 30.8 Å². The Morgan fingerprint density at radius 3 is 2.55 bits per heavy atom. The number of nitrogens with zero attached hydrogens (tertiary/aromatic N) is 4. The fourth-order valence-electron chi connectivity index (χ4n) is 2.25. The van der Waals surface area contributed by atoms with Crippen LogP contribution >= 0.6 is 11.8 Å². The van der Waals surface area contributed by atoms with Gasteiger partial charge in [-0.15, -0.1) is 0 Å². The van der Waals surface area contributed by atoms with Crippen LogP contribution in [0.25, 0.3) is 0 Å². The van der Waals surface area contributed by atoms with Gasteiger partial charge in [0.1, 0.15) is 0 Å². The van der Waals surface area contributed by atoms with Gasteiger partial charge in [-0.1, -0.05) is 37.9 Å². The molecule has 112 valence electrons. The van der Waals surface area contributed by atoms with Gasteiger partial charge in [0, 0.05) is 25.9 Å². The standard InChI is InChI=1S/C14H25N5S/c1-4-10-15-12-16-13(19(2)3)18-14(17-12)20-11-8-6-5-7-9-11/h11H,4-10H2,1-3H3,(H,15,16,17,18). The molecule has 0 amide bonds. The Labute approximate surface area is 126 Å². The van der Waals surface area contributed by atoms with Gasteiger partial charge in [-0.3, -0.25) is 0 Å². The quantitative estimate of drug-likeness (QED) is 0.870.